The third-order valence-electron chi connectivity index (χ3n) is 5.92. The Morgan fingerprint density at radius 1 is 1.26 bits per heavy atom. The number of benzene rings is 2. The summed E-state index contributed by atoms with van der Waals surface area (Å²) in [4.78, 5) is 0. The van der Waals surface area contributed by atoms with Crippen LogP contribution in [0.1, 0.15) is 56.4 Å². The van der Waals surface area contributed by atoms with Gasteiger partial charge in [0.2, 0.25) is 0 Å². The van der Waals surface area contributed by atoms with Gasteiger partial charge in [-0.3, -0.25) is 0 Å². The molecule has 1 aliphatic rings. The second kappa shape index (κ2) is 9.43. The molecular formula is C24H30ClFO5. The molecule has 1 saturated heterocycles. The maximum absolute atomic E-state index is 14.2. The molecule has 170 valence electrons. The molecule has 31 heavy (non-hydrogen) atoms. The predicted octanol–water partition coefficient (Wildman–Crippen LogP) is 4.18. The second-order valence-electron chi connectivity index (χ2n) is 8.64. The zero-order valence-corrected chi connectivity index (χ0v) is 18.8. The molecule has 3 N–H and O–H groups in total. The van der Waals surface area contributed by atoms with Crippen LogP contribution in [0.2, 0.25) is 5.02 Å². The lowest BCUT2D eigenvalue weighted by atomic mass is 9.77. The fourth-order valence-electron chi connectivity index (χ4n) is 4.05. The Bertz CT molecular complexity index is 913. The Labute approximate surface area is 187 Å². The van der Waals surface area contributed by atoms with Crippen LogP contribution in [0.5, 0.6) is 5.75 Å². The van der Waals surface area contributed by atoms with Crippen molar-refractivity contribution in [2.75, 3.05) is 13.2 Å². The van der Waals surface area contributed by atoms with Crippen molar-refractivity contribution >= 4 is 11.6 Å². The molecule has 7 heteroatoms. The quantitative estimate of drug-likeness (QED) is 0.587. The summed E-state index contributed by atoms with van der Waals surface area (Å²) in [5, 5.41) is 31.6. The van der Waals surface area contributed by atoms with Gasteiger partial charge < -0.3 is 24.8 Å². The lowest BCUT2D eigenvalue weighted by Gasteiger charge is -2.48. The summed E-state index contributed by atoms with van der Waals surface area (Å²) in [6, 6.07) is 10.2. The van der Waals surface area contributed by atoms with Gasteiger partial charge in [0.25, 0.3) is 0 Å². The molecule has 0 radical (unpaired) electrons. The van der Waals surface area contributed by atoms with Crippen molar-refractivity contribution in [1.82, 2.24) is 0 Å². The van der Waals surface area contributed by atoms with E-state index in [4.69, 9.17) is 21.1 Å². The van der Waals surface area contributed by atoms with Crippen LogP contribution in [-0.4, -0.2) is 45.8 Å². The number of aliphatic hydroxyl groups excluding tert-OH is 2. The summed E-state index contributed by atoms with van der Waals surface area (Å²) in [5.74, 6) is -0.217. The Morgan fingerprint density at radius 2 is 2.00 bits per heavy atom. The molecule has 0 amide bonds. The molecule has 0 aromatic heterocycles. The Balaban J connectivity index is 1.87. The summed E-state index contributed by atoms with van der Waals surface area (Å²) in [7, 11) is 0. The maximum atomic E-state index is 14.2. The van der Waals surface area contributed by atoms with Crippen LogP contribution in [0.4, 0.5) is 4.39 Å². The normalized spacial score (nSPS) is 24.3. The lowest BCUT2D eigenvalue weighted by Crippen LogP contribution is -2.59. The van der Waals surface area contributed by atoms with Gasteiger partial charge in [-0.2, -0.15) is 0 Å². The third kappa shape index (κ3) is 5.21. The Hall–Kier alpha value is -1.70. The molecule has 0 spiro atoms. The zero-order valence-electron chi connectivity index (χ0n) is 18.1. The van der Waals surface area contributed by atoms with Crippen LogP contribution >= 0.6 is 11.6 Å². The van der Waals surface area contributed by atoms with Gasteiger partial charge in [0.15, 0.2) is 11.6 Å². The molecule has 1 aliphatic heterocycles. The Morgan fingerprint density at radius 3 is 2.61 bits per heavy atom. The number of hydrogen-bond donors (Lipinski definition) is 3. The smallest absolute Gasteiger partial charge is 0.165 e. The number of rotatable bonds is 7. The number of aliphatic hydroxyl groups is 3. The fourth-order valence-corrected chi connectivity index (χ4v) is 4.23. The fraction of sp³-hybridized carbons (Fsp3) is 0.500. The molecule has 2 aromatic rings. The van der Waals surface area contributed by atoms with E-state index in [9.17, 15) is 19.7 Å². The average molecular weight is 453 g/mol. The van der Waals surface area contributed by atoms with Gasteiger partial charge >= 0.3 is 0 Å². The van der Waals surface area contributed by atoms with Gasteiger partial charge in [-0.1, -0.05) is 29.8 Å². The molecule has 0 bridgehead atoms. The largest absolute Gasteiger partial charge is 0.491 e. The van der Waals surface area contributed by atoms with Crippen LogP contribution in [-0.2, 0) is 11.2 Å². The van der Waals surface area contributed by atoms with E-state index in [1.54, 1.807) is 45.0 Å². The molecule has 1 heterocycles. The lowest BCUT2D eigenvalue weighted by molar-refractivity contribution is -0.251. The van der Waals surface area contributed by atoms with Gasteiger partial charge in [-0.25, -0.2) is 4.39 Å². The highest BCUT2D eigenvalue weighted by Gasteiger charge is 2.51. The highest BCUT2D eigenvalue weighted by atomic mass is 35.5. The summed E-state index contributed by atoms with van der Waals surface area (Å²) in [6.45, 7) is 4.89. The van der Waals surface area contributed by atoms with Crippen LogP contribution in [0.25, 0.3) is 0 Å². The molecular weight excluding hydrogens is 423 g/mol. The highest BCUT2D eigenvalue weighted by molar-refractivity contribution is 6.31. The van der Waals surface area contributed by atoms with E-state index in [1.807, 2.05) is 6.07 Å². The molecule has 1 fully saturated rings. The SMILES string of the molecule is CCOc1ccc(Cc2cc([C@H]3CC(O)C[C@@](CO)(C(C)(C)O)O3)ccc2Cl)cc1F. The first-order valence-electron chi connectivity index (χ1n) is 10.5. The van der Waals surface area contributed by atoms with E-state index in [0.717, 1.165) is 16.7 Å². The molecule has 0 saturated carbocycles. The average Bonchev–Trinajstić information content (AvgIpc) is 2.70. The minimum atomic E-state index is -1.35. The van der Waals surface area contributed by atoms with E-state index in [-0.39, 0.29) is 12.2 Å². The molecule has 1 unspecified atom stereocenters. The first-order valence-corrected chi connectivity index (χ1v) is 10.8. The van der Waals surface area contributed by atoms with E-state index >= 15 is 0 Å². The van der Waals surface area contributed by atoms with Crippen LogP contribution in [0, 0.1) is 5.82 Å². The topological polar surface area (TPSA) is 79.2 Å². The third-order valence-corrected chi connectivity index (χ3v) is 6.29. The summed E-state index contributed by atoms with van der Waals surface area (Å²) < 4.78 is 25.7. The zero-order chi connectivity index (χ0) is 22.8. The van der Waals surface area contributed by atoms with Crippen LogP contribution in [0.15, 0.2) is 36.4 Å². The summed E-state index contributed by atoms with van der Waals surface area (Å²) in [6.07, 6.45) is -0.402. The van der Waals surface area contributed by atoms with Crippen molar-refractivity contribution < 1.29 is 29.2 Å². The summed E-state index contributed by atoms with van der Waals surface area (Å²) >= 11 is 6.40. The van der Waals surface area contributed by atoms with Crippen molar-refractivity contribution in [2.24, 2.45) is 0 Å². The van der Waals surface area contributed by atoms with Crippen molar-refractivity contribution in [2.45, 2.75) is 63.4 Å². The standard InChI is InChI=1S/C24H30ClFO5/c1-4-30-21-8-5-15(10-20(21)26)9-17-11-16(6-7-19(17)25)22-12-18(28)13-24(14-27,31-22)23(2,3)29/h5-8,10-11,18,22,27-29H,4,9,12-14H2,1-3H3/t18?,22-,24-/m1/s1. The molecule has 3 rings (SSSR count). The van der Waals surface area contributed by atoms with Crippen molar-refractivity contribution in [3.05, 3.63) is 63.9 Å². The number of ether oxygens (including phenoxy) is 2. The first-order chi connectivity index (χ1) is 14.6. The molecule has 0 aliphatic carbocycles. The second-order valence-corrected chi connectivity index (χ2v) is 9.04. The van der Waals surface area contributed by atoms with Crippen molar-refractivity contribution in [3.63, 3.8) is 0 Å². The summed E-state index contributed by atoms with van der Waals surface area (Å²) in [5.41, 5.74) is -0.342. The van der Waals surface area contributed by atoms with Gasteiger partial charge in [0, 0.05) is 17.9 Å². The van der Waals surface area contributed by atoms with Gasteiger partial charge in [0.05, 0.1) is 31.0 Å². The van der Waals surface area contributed by atoms with E-state index < -0.39 is 35.8 Å². The van der Waals surface area contributed by atoms with E-state index in [1.165, 1.54) is 6.07 Å². The number of halogens is 2. The first kappa shape index (κ1) is 24.0. The van der Waals surface area contributed by atoms with E-state index in [2.05, 4.69) is 0 Å². The van der Waals surface area contributed by atoms with Crippen molar-refractivity contribution in [3.8, 4) is 5.75 Å². The van der Waals surface area contributed by atoms with Gasteiger partial charge in [-0.15, -0.1) is 0 Å². The maximum Gasteiger partial charge on any atom is 0.165 e. The monoisotopic (exact) mass is 452 g/mol. The van der Waals surface area contributed by atoms with Crippen LogP contribution in [0.3, 0.4) is 0 Å². The van der Waals surface area contributed by atoms with Crippen LogP contribution < -0.4 is 4.74 Å². The predicted molar refractivity (Wildman–Crippen MR) is 117 cm³/mol. The van der Waals surface area contributed by atoms with E-state index in [0.29, 0.717) is 24.5 Å². The molecule has 5 nitrogen and oxygen atoms in total. The highest BCUT2D eigenvalue weighted by Crippen LogP contribution is 2.43. The van der Waals surface area contributed by atoms with Gasteiger partial charge in [0.1, 0.15) is 5.60 Å². The Kier molecular flexibility index (Phi) is 7.28. The molecule has 3 atom stereocenters. The minimum absolute atomic E-state index is 0.134. The molecule has 2 aromatic carbocycles. The minimum Gasteiger partial charge on any atom is -0.491 e. The van der Waals surface area contributed by atoms with Crippen molar-refractivity contribution in [1.29, 1.82) is 0 Å². The van der Waals surface area contributed by atoms with Gasteiger partial charge in [-0.05, 0) is 62.1 Å². The number of hydrogen-bond acceptors (Lipinski definition) is 5.